The number of anilines is 1. The molecule has 18 heavy (non-hydrogen) atoms. The molecule has 0 saturated carbocycles. The summed E-state index contributed by atoms with van der Waals surface area (Å²) >= 11 is 5.82. The summed E-state index contributed by atoms with van der Waals surface area (Å²) < 4.78 is 0. The van der Waals surface area contributed by atoms with Crippen LogP contribution in [-0.2, 0) is 9.59 Å². The van der Waals surface area contributed by atoms with Crippen molar-refractivity contribution in [1.82, 2.24) is 5.32 Å². The first-order valence-electron chi connectivity index (χ1n) is 5.81. The Morgan fingerprint density at radius 2 is 2.39 bits per heavy atom. The van der Waals surface area contributed by atoms with E-state index in [-0.39, 0.29) is 24.3 Å². The van der Waals surface area contributed by atoms with Gasteiger partial charge in [0.2, 0.25) is 5.91 Å². The van der Waals surface area contributed by atoms with Crippen LogP contribution in [0.4, 0.5) is 5.69 Å². The summed E-state index contributed by atoms with van der Waals surface area (Å²) in [5, 5.41) is 7.92. The van der Waals surface area contributed by atoms with Gasteiger partial charge in [-0.15, -0.1) is 0 Å². The number of benzene rings is 1. The van der Waals surface area contributed by atoms with Crippen LogP contribution in [0.25, 0.3) is 0 Å². The van der Waals surface area contributed by atoms with Crippen LogP contribution in [0.2, 0.25) is 5.02 Å². The van der Waals surface area contributed by atoms with Gasteiger partial charge in [0.15, 0.2) is 6.04 Å². The van der Waals surface area contributed by atoms with E-state index in [1.807, 2.05) is 5.32 Å². The van der Waals surface area contributed by atoms with Gasteiger partial charge in [-0.05, 0) is 18.2 Å². The van der Waals surface area contributed by atoms with E-state index in [0.717, 1.165) is 6.54 Å². The Morgan fingerprint density at radius 1 is 1.56 bits per heavy atom. The zero-order chi connectivity index (χ0) is 13.0. The van der Waals surface area contributed by atoms with Crippen LogP contribution in [0.1, 0.15) is 6.42 Å². The van der Waals surface area contributed by atoms with E-state index in [1.54, 1.807) is 24.3 Å². The van der Waals surface area contributed by atoms with Crippen molar-refractivity contribution in [2.45, 2.75) is 12.5 Å². The van der Waals surface area contributed by atoms with Crippen LogP contribution in [0.5, 0.6) is 0 Å². The van der Waals surface area contributed by atoms with Gasteiger partial charge in [0, 0.05) is 10.7 Å². The van der Waals surface area contributed by atoms with Crippen molar-refractivity contribution in [3.05, 3.63) is 29.3 Å². The Morgan fingerprint density at radius 3 is 3.11 bits per heavy atom. The van der Waals surface area contributed by atoms with Crippen molar-refractivity contribution in [2.24, 2.45) is 0 Å². The zero-order valence-corrected chi connectivity index (χ0v) is 10.5. The number of amides is 2. The fourth-order valence-corrected chi connectivity index (χ4v) is 2.06. The molecule has 0 spiro atoms. The lowest BCUT2D eigenvalue weighted by Crippen LogP contribution is -2.96. The number of carbonyl (C=O) groups excluding carboxylic acids is 2. The Labute approximate surface area is 110 Å². The number of halogens is 1. The zero-order valence-electron chi connectivity index (χ0n) is 9.78. The molecular formula is C12H15ClN3O2+. The second kappa shape index (κ2) is 5.84. The Balaban J connectivity index is 1.90. The first-order chi connectivity index (χ1) is 8.65. The average Bonchev–Trinajstić information content (AvgIpc) is 2.32. The minimum absolute atomic E-state index is 0.0810. The van der Waals surface area contributed by atoms with Gasteiger partial charge in [-0.25, -0.2) is 0 Å². The van der Waals surface area contributed by atoms with Gasteiger partial charge >= 0.3 is 0 Å². The second-order valence-corrected chi connectivity index (χ2v) is 4.62. The third-order valence-corrected chi connectivity index (χ3v) is 2.98. The fourth-order valence-electron chi connectivity index (χ4n) is 1.87. The molecular weight excluding hydrogens is 254 g/mol. The van der Waals surface area contributed by atoms with Crippen LogP contribution in [-0.4, -0.2) is 30.9 Å². The molecule has 1 aromatic rings. The summed E-state index contributed by atoms with van der Waals surface area (Å²) in [6.07, 6.45) is 0.165. The van der Waals surface area contributed by atoms with E-state index in [9.17, 15) is 9.59 Å². The van der Waals surface area contributed by atoms with Crippen LogP contribution in [0, 0.1) is 0 Å². The molecule has 2 amide bonds. The molecule has 1 aliphatic rings. The highest BCUT2D eigenvalue weighted by molar-refractivity contribution is 6.30. The Hall–Kier alpha value is -1.59. The van der Waals surface area contributed by atoms with Crippen molar-refractivity contribution in [3.8, 4) is 0 Å². The number of quaternary nitrogens is 1. The molecule has 0 unspecified atom stereocenters. The number of rotatable bonds is 3. The van der Waals surface area contributed by atoms with Crippen molar-refractivity contribution < 1.29 is 14.9 Å². The van der Waals surface area contributed by atoms with E-state index in [1.165, 1.54) is 0 Å². The SMILES string of the molecule is O=C(C[C@H]1[NH2+]CCNC1=O)Nc1cccc(Cl)c1. The maximum atomic E-state index is 11.8. The lowest BCUT2D eigenvalue weighted by Gasteiger charge is -2.19. The van der Waals surface area contributed by atoms with E-state index in [0.29, 0.717) is 17.3 Å². The minimum atomic E-state index is -0.335. The van der Waals surface area contributed by atoms with E-state index in [2.05, 4.69) is 10.6 Å². The molecule has 0 radical (unpaired) electrons. The minimum Gasteiger partial charge on any atom is -0.345 e. The summed E-state index contributed by atoms with van der Waals surface area (Å²) in [5.74, 6) is -0.266. The third-order valence-electron chi connectivity index (χ3n) is 2.75. The third kappa shape index (κ3) is 3.45. The molecule has 1 heterocycles. The van der Waals surface area contributed by atoms with Crippen LogP contribution >= 0.6 is 11.6 Å². The topological polar surface area (TPSA) is 74.8 Å². The normalized spacial score (nSPS) is 19.2. The van der Waals surface area contributed by atoms with E-state index < -0.39 is 0 Å². The van der Waals surface area contributed by atoms with Gasteiger partial charge in [-0.2, -0.15) is 0 Å². The number of nitrogens with two attached hydrogens (primary N) is 1. The molecule has 4 N–H and O–H groups in total. The molecule has 0 aromatic heterocycles. The van der Waals surface area contributed by atoms with Gasteiger partial charge in [0.05, 0.1) is 19.5 Å². The van der Waals surface area contributed by atoms with Gasteiger partial charge in [-0.3, -0.25) is 9.59 Å². The van der Waals surface area contributed by atoms with Crippen molar-refractivity contribution >= 4 is 29.1 Å². The highest BCUT2D eigenvalue weighted by atomic mass is 35.5. The molecule has 1 saturated heterocycles. The molecule has 2 rings (SSSR count). The monoisotopic (exact) mass is 268 g/mol. The smallest absolute Gasteiger partial charge is 0.278 e. The summed E-state index contributed by atoms with van der Waals surface area (Å²) in [5.41, 5.74) is 0.642. The number of hydrogen-bond acceptors (Lipinski definition) is 2. The van der Waals surface area contributed by atoms with Gasteiger partial charge < -0.3 is 16.0 Å². The highest BCUT2D eigenvalue weighted by Crippen LogP contribution is 2.15. The molecule has 1 atom stereocenters. The molecule has 0 aliphatic carbocycles. The summed E-state index contributed by atoms with van der Waals surface area (Å²) in [6.45, 7) is 1.46. The lowest BCUT2D eigenvalue weighted by atomic mass is 10.1. The summed E-state index contributed by atoms with van der Waals surface area (Å²) in [4.78, 5) is 23.3. The highest BCUT2D eigenvalue weighted by Gasteiger charge is 2.27. The Bertz CT molecular complexity index is 464. The first-order valence-corrected chi connectivity index (χ1v) is 6.19. The molecule has 5 nitrogen and oxygen atoms in total. The van der Waals surface area contributed by atoms with Gasteiger partial charge in [0.1, 0.15) is 0 Å². The van der Waals surface area contributed by atoms with Gasteiger partial charge in [-0.1, -0.05) is 17.7 Å². The number of piperazine rings is 1. The molecule has 6 heteroatoms. The maximum absolute atomic E-state index is 11.8. The second-order valence-electron chi connectivity index (χ2n) is 4.18. The quantitative estimate of drug-likeness (QED) is 0.706. The number of carbonyl (C=O) groups is 2. The maximum Gasteiger partial charge on any atom is 0.278 e. The van der Waals surface area contributed by atoms with Crippen LogP contribution in [0.15, 0.2) is 24.3 Å². The lowest BCUT2D eigenvalue weighted by molar-refractivity contribution is -0.678. The number of hydrogen-bond donors (Lipinski definition) is 3. The predicted octanol–water partition coefficient (Wildman–Crippen LogP) is -0.270. The predicted molar refractivity (Wildman–Crippen MR) is 68.3 cm³/mol. The molecule has 96 valence electrons. The Kier molecular flexibility index (Phi) is 4.17. The standard InChI is InChI=1S/C12H14ClN3O2/c13-8-2-1-3-9(6-8)16-11(17)7-10-12(18)15-5-4-14-10/h1-3,6,10,14H,4-5,7H2,(H,15,18)(H,16,17)/p+1/t10-/m1/s1. The first kappa shape index (κ1) is 12.9. The summed E-state index contributed by atoms with van der Waals surface area (Å²) in [7, 11) is 0. The van der Waals surface area contributed by atoms with Gasteiger partial charge in [0.25, 0.3) is 5.91 Å². The largest absolute Gasteiger partial charge is 0.345 e. The van der Waals surface area contributed by atoms with Crippen molar-refractivity contribution in [2.75, 3.05) is 18.4 Å². The van der Waals surface area contributed by atoms with E-state index >= 15 is 0 Å². The van der Waals surface area contributed by atoms with E-state index in [4.69, 9.17) is 11.6 Å². The fraction of sp³-hybridized carbons (Fsp3) is 0.333. The average molecular weight is 269 g/mol. The van der Waals surface area contributed by atoms with Crippen molar-refractivity contribution in [3.63, 3.8) is 0 Å². The molecule has 1 fully saturated rings. The van der Waals surface area contributed by atoms with Crippen LogP contribution < -0.4 is 16.0 Å². The molecule has 1 aromatic carbocycles. The molecule has 0 bridgehead atoms. The number of nitrogens with one attached hydrogen (secondary N) is 2. The van der Waals surface area contributed by atoms with Crippen molar-refractivity contribution in [1.29, 1.82) is 0 Å². The molecule has 1 aliphatic heterocycles. The summed E-state index contributed by atoms with van der Waals surface area (Å²) in [6, 6.07) is 6.59. The van der Waals surface area contributed by atoms with Crippen LogP contribution in [0.3, 0.4) is 0 Å².